The van der Waals surface area contributed by atoms with E-state index in [2.05, 4.69) is 53.0 Å². The minimum atomic E-state index is -6.57. The van der Waals surface area contributed by atoms with Gasteiger partial charge >= 0.3 is 5.65 Å². The van der Waals surface area contributed by atoms with Crippen LogP contribution < -0.4 is 58.2 Å². The van der Waals surface area contributed by atoms with Crippen LogP contribution in [0.3, 0.4) is 0 Å². The first-order valence-electron chi connectivity index (χ1n) is 21.3. The molecule has 16 atom stereocenters. The van der Waals surface area contributed by atoms with Crippen molar-refractivity contribution in [1.29, 1.82) is 0 Å². The number of aryl methyl sites for hydroxylation is 1. The summed E-state index contributed by atoms with van der Waals surface area (Å²) < 4.78 is 94.3. The molecule has 0 aromatic carbocycles. The van der Waals surface area contributed by atoms with Crippen molar-refractivity contribution in [2.75, 3.05) is 49.9 Å². The number of methoxy groups -OCH3 is 1. The monoisotopic (exact) mass is 1170 g/mol. The Bertz CT molecular complexity index is 3530. The summed E-state index contributed by atoms with van der Waals surface area (Å²) in [4.78, 5) is 106. The second-order valence-electron chi connectivity index (χ2n) is 16.6. The van der Waals surface area contributed by atoms with Gasteiger partial charge in [-0.05, 0) is 0 Å². The molecule has 44 heteroatoms. The van der Waals surface area contributed by atoms with E-state index in [4.69, 9.17) is 67.3 Å². The largest absolute Gasteiger partial charge is 0.780 e. The number of nitrogens with two attached hydrogens (primary N) is 4. The number of anilines is 4. The summed E-state index contributed by atoms with van der Waals surface area (Å²) in [6.07, 6.45) is -16.9. The van der Waals surface area contributed by atoms with E-state index in [-0.39, 0.29) is 57.2 Å². The number of imidazole rings is 3. The third-order valence-electron chi connectivity index (χ3n) is 11.6. The van der Waals surface area contributed by atoms with Crippen molar-refractivity contribution >= 4 is 99.1 Å². The van der Waals surface area contributed by atoms with E-state index in [1.165, 1.54) is 17.9 Å². The molecule has 39 nitrogen and oxygen atoms in total. The Morgan fingerprint density at radius 1 is 0.711 bits per heavy atom. The third kappa shape index (κ3) is 11.1. The molecule has 416 valence electrons. The Balaban J connectivity index is 0.870. The molecule has 0 radical (unpaired) electrons. The van der Waals surface area contributed by atoms with E-state index in [0.29, 0.717) is 0 Å². The van der Waals surface area contributed by atoms with Crippen molar-refractivity contribution < 1.29 is 104 Å². The fourth-order valence-corrected chi connectivity index (χ4v) is 13.2. The first kappa shape index (κ1) is 55.8. The number of aromatic nitrogens is 12. The molecule has 0 bridgehead atoms. The summed E-state index contributed by atoms with van der Waals surface area (Å²) in [5.41, 5.74) is 21.0. The summed E-state index contributed by atoms with van der Waals surface area (Å²) in [6.45, 7) is -8.39. The molecule has 6 aromatic heterocycles. The highest BCUT2D eigenvalue weighted by Crippen LogP contribution is 2.63. The van der Waals surface area contributed by atoms with Gasteiger partial charge in [-0.1, -0.05) is 16.8 Å². The molecule has 3 saturated heterocycles. The van der Waals surface area contributed by atoms with Gasteiger partial charge in [-0.2, -0.15) is 15.0 Å². The van der Waals surface area contributed by atoms with Crippen LogP contribution in [0.2, 0.25) is 0 Å². The number of aliphatic hydroxyl groups excluding tert-OH is 4. The molecule has 9 rings (SSSR count). The molecular formula is C32H41N16O23P4S-3. The zero-order chi connectivity index (χ0) is 55.1. The standard InChI is InChI=1S/C32H44N16O23P4S/c1-45-8-48(24-14(45)26(54)44-32(36)42-24)28-18(52)15(49)9(67-28)3-63-72(55,56)70-74(59,60)71-73(57,58)64-5-11-19(20(62-2)29(68-11)47-6-37-12-21(33)39-30(34)40-22(12)47)69-75(61,76)65-4-10-16(50)17(51)27(66-10)46-7-38-13-23(46)41-31(35)43-25(13)53/h6-11,15-20,27-29,49-52H,3-5H2,1-2H3,(H13-,33,34,35,36,39,40,41,42,43,44,53,54,55,56,57,58,59,60,61,76)/p-3/t9-,10-,11-,15+,16?,17+,18?,19?,20+,27-,28-,29-,75?/m1/s1. The van der Waals surface area contributed by atoms with E-state index in [1.807, 2.05) is 0 Å². The van der Waals surface area contributed by atoms with Gasteiger partial charge in [-0.3, -0.25) is 47.0 Å². The van der Waals surface area contributed by atoms with Crippen LogP contribution in [0.15, 0.2) is 28.6 Å². The number of aliphatic hydroxyl groups is 4. The maximum atomic E-state index is 13.9. The first-order chi connectivity index (χ1) is 35.6. The predicted molar refractivity (Wildman–Crippen MR) is 241 cm³/mol. The number of hydrogen-bond acceptors (Lipinski definition) is 34. The summed E-state index contributed by atoms with van der Waals surface area (Å²) in [6, 6.07) is 0. The fourth-order valence-electron chi connectivity index (χ4n) is 8.34. The third-order valence-corrected chi connectivity index (χ3v) is 17.3. The molecule has 3 aliphatic heterocycles. The van der Waals surface area contributed by atoms with Gasteiger partial charge in [-0.15, -0.1) is 0 Å². The number of fused-ring (bicyclic) bond motifs is 3. The highest BCUT2D eigenvalue weighted by atomic mass is 32.5. The SMILES string of the molecule is CO[C@H]1C(OP([O-])(=S)OC[C@H]2O[C@@H](n3cnc4c(=O)[nH]c(N)nc43)[C@@H](O)C2O)[C@@H](COP(=O)([O-])OP(=O)([O-])OP(=O)([O-])OC[C@H]2O[C@@H]([n+]3cn(C)c4c(=O)[nH]c(N)nc43)C(O)[C@H]2O)O[C@H]1n1cnc2c(N)nc(N)nc21. The van der Waals surface area contributed by atoms with Crippen LogP contribution in [0.25, 0.3) is 33.5 Å². The molecule has 0 saturated carbocycles. The van der Waals surface area contributed by atoms with Crippen LogP contribution in [-0.4, -0.2) is 156 Å². The van der Waals surface area contributed by atoms with Gasteiger partial charge in [0.1, 0.15) is 67.2 Å². The molecule has 14 N–H and O–H groups in total. The van der Waals surface area contributed by atoms with E-state index in [0.717, 1.165) is 33.5 Å². The molecule has 3 aliphatic rings. The molecular weight excluding hydrogens is 1130 g/mol. The first-order valence-corrected chi connectivity index (χ1v) is 28.2. The number of nitrogen functional groups attached to an aromatic ring is 4. The lowest BCUT2D eigenvalue weighted by atomic mass is 10.1. The Hall–Kier alpha value is -4.93. The maximum Gasteiger partial charge on any atom is 0.313 e. The van der Waals surface area contributed by atoms with Crippen LogP contribution in [0.1, 0.15) is 18.7 Å². The zero-order valence-electron chi connectivity index (χ0n) is 38.3. The van der Waals surface area contributed by atoms with Gasteiger partial charge in [0.2, 0.25) is 23.6 Å². The van der Waals surface area contributed by atoms with Crippen LogP contribution >= 0.6 is 30.2 Å². The second kappa shape index (κ2) is 20.7. The quantitative estimate of drug-likeness (QED) is 0.0266. The normalized spacial score (nSPS) is 30.2. The van der Waals surface area contributed by atoms with E-state index in [9.17, 15) is 63.3 Å². The number of H-pyrrole nitrogens is 2. The number of aromatic amines is 2. The lowest BCUT2D eigenvalue weighted by molar-refractivity contribution is -0.745. The van der Waals surface area contributed by atoms with Crippen LogP contribution in [0.5, 0.6) is 0 Å². The smallest absolute Gasteiger partial charge is 0.313 e. The van der Waals surface area contributed by atoms with Gasteiger partial charge in [0.15, 0.2) is 41.4 Å². The molecule has 0 spiro atoms. The van der Waals surface area contributed by atoms with E-state index < -0.39 is 135 Å². The number of hydrogen-bond donors (Lipinski definition) is 10. The summed E-state index contributed by atoms with van der Waals surface area (Å²) in [5, 5.41) is 43.2. The number of rotatable bonds is 19. The average Bonchev–Trinajstić information content (AvgIpc) is 4.17. The molecule has 6 aromatic rings. The highest BCUT2D eigenvalue weighted by Gasteiger charge is 2.51. The Morgan fingerprint density at radius 2 is 1.26 bits per heavy atom. The lowest BCUT2D eigenvalue weighted by Gasteiger charge is -2.36. The molecule has 0 amide bonds. The zero-order valence-corrected chi connectivity index (χ0v) is 42.7. The molecule has 9 heterocycles. The van der Waals surface area contributed by atoms with Crippen molar-refractivity contribution in [1.82, 2.24) is 53.6 Å². The van der Waals surface area contributed by atoms with Crippen LogP contribution in [0, 0.1) is 0 Å². The number of nitrogens with one attached hydrogen (secondary N) is 2. The van der Waals surface area contributed by atoms with Crippen molar-refractivity contribution in [3.8, 4) is 0 Å². The van der Waals surface area contributed by atoms with Gasteiger partial charge in [-0.25, -0.2) is 23.2 Å². The lowest BCUT2D eigenvalue weighted by Crippen LogP contribution is -2.46. The van der Waals surface area contributed by atoms with Crippen molar-refractivity contribution in [3.05, 3.63) is 39.7 Å². The van der Waals surface area contributed by atoms with Gasteiger partial charge in [0, 0.05) is 7.11 Å². The number of phosphoric ester groups is 2. The van der Waals surface area contributed by atoms with Crippen molar-refractivity contribution in [3.63, 3.8) is 0 Å². The van der Waals surface area contributed by atoms with E-state index >= 15 is 0 Å². The van der Waals surface area contributed by atoms with Crippen molar-refractivity contribution in [2.45, 2.75) is 73.6 Å². The second-order valence-corrected chi connectivity index (χ2v) is 23.8. The fraction of sp³-hybridized carbons (Fsp3) is 0.531. The van der Waals surface area contributed by atoms with Crippen molar-refractivity contribution in [2.24, 2.45) is 7.05 Å². The van der Waals surface area contributed by atoms with Gasteiger partial charge in [0.25, 0.3) is 40.5 Å². The van der Waals surface area contributed by atoms with Gasteiger partial charge < -0.3 is 100.0 Å². The topological polar surface area (TPSA) is 582 Å². The summed E-state index contributed by atoms with van der Waals surface area (Å²) in [5.74, 6) is -1.17. The molecule has 0 aliphatic carbocycles. The Morgan fingerprint density at radius 3 is 1.93 bits per heavy atom. The minimum Gasteiger partial charge on any atom is -0.780 e. The molecule has 76 heavy (non-hydrogen) atoms. The van der Waals surface area contributed by atoms with E-state index in [1.54, 1.807) is 0 Å². The molecule has 7 unspecified atom stereocenters. The number of ether oxygens (including phenoxy) is 4. The Labute approximate surface area is 425 Å². The number of phosphoric acid groups is 3. The van der Waals surface area contributed by atoms with Gasteiger partial charge in [0.05, 0.1) is 39.5 Å². The maximum absolute atomic E-state index is 13.9. The average molecular weight is 1170 g/mol. The Kier molecular flexibility index (Phi) is 15.2. The highest BCUT2D eigenvalue weighted by molar-refractivity contribution is 8.06. The number of nitrogens with zero attached hydrogens (tertiary/aromatic N) is 10. The summed E-state index contributed by atoms with van der Waals surface area (Å²) in [7, 11) is -16.5. The summed E-state index contributed by atoms with van der Waals surface area (Å²) >= 11 is 5.14. The minimum absolute atomic E-state index is 0.0215. The van der Waals surface area contributed by atoms with Crippen LogP contribution in [-0.2, 0) is 78.2 Å². The molecule has 3 fully saturated rings. The van der Waals surface area contributed by atoms with Crippen LogP contribution in [0.4, 0.5) is 23.7 Å². The predicted octanol–water partition coefficient (Wildman–Crippen LogP) is -7.54.